The summed E-state index contributed by atoms with van der Waals surface area (Å²) in [6.07, 6.45) is 1.48. The van der Waals surface area contributed by atoms with Gasteiger partial charge in [-0.15, -0.1) is 0 Å². The summed E-state index contributed by atoms with van der Waals surface area (Å²) in [5.74, 6) is -0.0452. The van der Waals surface area contributed by atoms with Crippen LogP contribution in [0.2, 0.25) is 5.02 Å². The predicted octanol–water partition coefficient (Wildman–Crippen LogP) is 4.55. The molecule has 6 heteroatoms. The Morgan fingerprint density at radius 3 is 2.45 bits per heavy atom. The van der Waals surface area contributed by atoms with Gasteiger partial charge in [-0.25, -0.2) is 0 Å². The Kier molecular flexibility index (Phi) is 6.93. The lowest BCUT2D eigenvalue weighted by Gasteiger charge is -2.30. The first-order valence-electron chi connectivity index (χ1n) is 9.99. The van der Waals surface area contributed by atoms with E-state index in [-0.39, 0.29) is 17.7 Å². The van der Waals surface area contributed by atoms with Gasteiger partial charge in [0.2, 0.25) is 11.8 Å². The highest BCUT2D eigenvalue weighted by molar-refractivity contribution is 6.31. The zero-order chi connectivity index (χ0) is 21.0. The summed E-state index contributed by atoms with van der Waals surface area (Å²) in [5, 5.41) is 6.63. The van der Waals surface area contributed by atoms with Crippen molar-refractivity contribution in [2.24, 2.45) is 5.92 Å². The number of anilines is 2. The monoisotopic (exact) mass is 413 g/mol. The van der Waals surface area contributed by atoms with E-state index < -0.39 is 0 Å². The predicted molar refractivity (Wildman–Crippen MR) is 119 cm³/mol. The molecule has 1 aliphatic heterocycles. The molecule has 0 aromatic heterocycles. The van der Waals surface area contributed by atoms with E-state index in [1.807, 2.05) is 51.1 Å². The van der Waals surface area contributed by atoms with Crippen LogP contribution in [0.25, 0.3) is 0 Å². The zero-order valence-corrected chi connectivity index (χ0v) is 18.0. The molecule has 154 valence electrons. The average molecular weight is 414 g/mol. The van der Waals surface area contributed by atoms with Gasteiger partial charge in [0.25, 0.3) is 0 Å². The van der Waals surface area contributed by atoms with Gasteiger partial charge in [0.05, 0.1) is 6.54 Å². The first-order valence-corrected chi connectivity index (χ1v) is 10.4. The van der Waals surface area contributed by atoms with E-state index in [2.05, 4.69) is 21.6 Å². The van der Waals surface area contributed by atoms with Crippen LogP contribution >= 0.6 is 11.6 Å². The quantitative estimate of drug-likeness (QED) is 0.755. The minimum Gasteiger partial charge on any atom is -0.326 e. The van der Waals surface area contributed by atoms with E-state index in [0.29, 0.717) is 11.6 Å². The molecule has 2 amide bonds. The smallest absolute Gasteiger partial charge is 0.238 e. The first kappa shape index (κ1) is 21.3. The molecule has 0 spiro atoms. The van der Waals surface area contributed by atoms with E-state index in [9.17, 15) is 9.59 Å². The number of carbonyl (C=O) groups is 2. The molecular formula is C23H28ClN3O2. The van der Waals surface area contributed by atoms with E-state index in [1.54, 1.807) is 0 Å². The number of halogens is 1. The molecule has 0 atom stereocenters. The Morgan fingerprint density at radius 1 is 1.03 bits per heavy atom. The van der Waals surface area contributed by atoms with Crippen LogP contribution in [-0.4, -0.2) is 36.3 Å². The van der Waals surface area contributed by atoms with Crippen molar-refractivity contribution in [2.75, 3.05) is 30.3 Å². The highest BCUT2D eigenvalue weighted by atomic mass is 35.5. The standard InChI is InChI=1S/C23H28ClN3O2/c1-15-7-8-20(16(2)13-15)25-22(28)14-27-11-9-18(10-12-27)23(29)26-21-6-4-5-19(24)17(21)3/h4-8,13,18H,9-12,14H2,1-3H3,(H,25,28)(H,26,29). The molecular weight excluding hydrogens is 386 g/mol. The van der Waals surface area contributed by atoms with Crippen LogP contribution in [0.5, 0.6) is 0 Å². The molecule has 0 aliphatic carbocycles. The number of piperidine rings is 1. The number of amides is 2. The van der Waals surface area contributed by atoms with Gasteiger partial charge in [-0.1, -0.05) is 35.4 Å². The Hall–Kier alpha value is -2.37. The van der Waals surface area contributed by atoms with Crippen LogP contribution in [0.4, 0.5) is 11.4 Å². The van der Waals surface area contributed by atoms with E-state index in [0.717, 1.165) is 48.4 Å². The number of likely N-dealkylation sites (tertiary alicyclic amines) is 1. The fourth-order valence-corrected chi connectivity index (χ4v) is 3.85. The van der Waals surface area contributed by atoms with Crippen molar-refractivity contribution in [3.63, 3.8) is 0 Å². The summed E-state index contributed by atoms with van der Waals surface area (Å²) in [7, 11) is 0. The van der Waals surface area contributed by atoms with E-state index >= 15 is 0 Å². The van der Waals surface area contributed by atoms with Crippen LogP contribution < -0.4 is 10.6 Å². The number of aryl methyl sites for hydroxylation is 2. The topological polar surface area (TPSA) is 61.4 Å². The summed E-state index contributed by atoms with van der Waals surface area (Å²) >= 11 is 6.13. The second-order valence-electron chi connectivity index (χ2n) is 7.82. The molecule has 2 aromatic rings. The molecule has 1 saturated heterocycles. The molecule has 1 heterocycles. The molecule has 0 radical (unpaired) electrons. The van der Waals surface area contributed by atoms with Gasteiger partial charge in [-0.3, -0.25) is 14.5 Å². The average Bonchev–Trinajstić information content (AvgIpc) is 2.68. The van der Waals surface area contributed by atoms with Gasteiger partial charge < -0.3 is 10.6 Å². The van der Waals surface area contributed by atoms with E-state index in [4.69, 9.17) is 11.6 Å². The fraction of sp³-hybridized carbons (Fsp3) is 0.391. The van der Waals surface area contributed by atoms with Crippen LogP contribution in [0.15, 0.2) is 36.4 Å². The van der Waals surface area contributed by atoms with Gasteiger partial charge in [-0.05, 0) is 76.0 Å². The summed E-state index contributed by atoms with van der Waals surface area (Å²) in [4.78, 5) is 27.1. The zero-order valence-electron chi connectivity index (χ0n) is 17.2. The van der Waals surface area contributed by atoms with Crippen LogP contribution in [-0.2, 0) is 9.59 Å². The van der Waals surface area contributed by atoms with Gasteiger partial charge in [-0.2, -0.15) is 0 Å². The maximum absolute atomic E-state index is 12.6. The number of hydrogen-bond donors (Lipinski definition) is 2. The van der Waals surface area contributed by atoms with Crippen LogP contribution in [0.1, 0.15) is 29.5 Å². The summed E-state index contributed by atoms with van der Waals surface area (Å²) in [6.45, 7) is 7.73. The maximum Gasteiger partial charge on any atom is 0.238 e. The molecule has 3 rings (SSSR count). The second-order valence-corrected chi connectivity index (χ2v) is 8.23. The summed E-state index contributed by atoms with van der Waals surface area (Å²) in [6, 6.07) is 11.5. The van der Waals surface area contributed by atoms with Crippen molar-refractivity contribution in [2.45, 2.75) is 33.6 Å². The lowest BCUT2D eigenvalue weighted by Crippen LogP contribution is -2.41. The number of hydrogen-bond acceptors (Lipinski definition) is 3. The lowest BCUT2D eigenvalue weighted by atomic mass is 9.95. The number of carbonyl (C=O) groups excluding carboxylic acids is 2. The van der Waals surface area contributed by atoms with Crippen molar-refractivity contribution >= 4 is 34.8 Å². The second kappa shape index (κ2) is 9.42. The van der Waals surface area contributed by atoms with Gasteiger partial charge in [0, 0.05) is 22.3 Å². The van der Waals surface area contributed by atoms with Crippen LogP contribution in [0, 0.1) is 26.7 Å². The summed E-state index contributed by atoms with van der Waals surface area (Å²) in [5.41, 5.74) is 4.73. The first-order chi connectivity index (χ1) is 13.8. The Morgan fingerprint density at radius 2 is 1.76 bits per heavy atom. The molecule has 2 aromatic carbocycles. The lowest BCUT2D eigenvalue weighted by molar-refractivity contribution is -0.121. The molecule has 5 nitrogen and oxygen atoms in total. The molecule has 0 saturated carbocycles. The number of benzene rings is 2. The molecule has 1 fully saturated rings. The SMILES string of the molecule is Cc1ccc(NC(=O)CN2CCC(C(=O)Nc3cccc(Cl)c3C)CC2)c(C)c1. The van der Waals surface area contributed by atoms with Crippen molar-refractivity contribution in [1.82, 2.24) is 4.90 Å². The summed E-state index contributed by atoms with van der Waals surface area (Å²) < 4.78 is 0. The minimum atomic E-state index is -0.0490. The highest BCUT2D eigenvalue weighted by Crippen LogP contribution is 2.25. The number of nitrogens with zero attached hydrogens (tertiary/aromatic N) is 1. The van der Waals surface area contributed by atoms with Crippen molar-refractivity contribution < 1.29 is 9.59 Å². The van der Waals surface area contributed by atoms with Crippen molar-refractivity contribution in [1.29, 1.82) is 0 Å². The van der Waals surface area contributed by atoms with Gasteiger partial charge in [0.15, 0.2) is 0 Å². The van der Waals surface area contributed by atoms with Gasteiger partial charge >= 0.3 is 0 Å². The third-order valence-corrected chi connectivity index (χ3v) is 5.92. The normalized spacial score (nSPS) is 15.2. The number of nitrogens with one attached hydrogen (secondary N) is 2. The largest absolute Gasteiger partial charge is 0.326 e. The molecule has 2 N–H and O–H groups in total. The Balaban J connectivity index is 1.48. The third kappa shape index (κ3) is 5.58. The highest BCUT2D eigenvalue weighted by Gasteiger charge is 2.26. The molecule has 29 heavy (non-hydrogen) atoms. The Bertz CT molecular complexity index is 905. The van der Waals surface area contributed by atoms with Gasteiger partial charge in [0.1, 0.15) is 0 Å². The van der Waals surface area contributed by atoms with Crippen molar-refractivity contribution in [3.05, 3.63) is 58.1 Å². The third-order valence-electron chi connectivity index (χ3n) is 5.51. The molecule has 1 aliphatic rings. The van der Waals surface area contributed by atoms with E-state index in [1.165, 1.54) is 5.56 Å². The molecule has 0 unspecified atom stereocenters. The number of rotatable bonds is 5. The van der Waals surface area contributed by atoms with Crippen molar-refractivity contribution in [3.8, 4) is 0 Å². The minimum absolute atomic E-state index is 0.0191. The Labute approximate surface area is 177 Å². The van der Waals surface area contributed by atoms with Crippen LogP contribution in [0.3, 0.4) is 0 Å². The fourth-order valence-electron chi connectivity index (χ4n) is 3.68. The maximum atomic E-state index is 12.6. The molecule has 0 bridgehead atoms.